The number of hydrogen-bond acceptors (Lipinski definition) is 8. The molecule has 2 rings (SSSR count). The van der Waals surface area contributed by atoms with Gasteiger partial charge in [0.2, 0.25) is 9.84 Å². The molecule has 0 aliphatic carbocycles. The number of hydrogen-bond donors (Lipinski definition) is 6. The van der Waals surface area contributed by atoms with Crippen LogP contribution >= 0.6 is 0 Å². The van der Waals surface area contributed by atoms with Crippen LogP contribution in [0.2, 0.25) is 0 Å². The maximum absolute atomic E-state index is 12.3. The van der Waals surface area contributed by atoms with Gasteiger partial charge < -0.3 is 30.6 Å². The first-order chi connectivity index (χ1) is 9.64. The number of aromatic hydroxyl groups is 6. The highest BCUT2D eigenvalue weighted by atomic mass is 32.2. The highest BCUT2D eigenvalue weighted by Gasteiger charge is 2.32. The summed E-state index contributed by atoms with van der Waals surface area (Å²) in [6.45, 7) is 0. The molecule has 0 atom stereocenters. The molecule has 0 saturated carbocycles. The molecule has 0 radical (unpaired) electrons. The molecule has 2 aromatic carbocycles. The number of phenols is 6. The largest absolute Gasteiger partial charge is 0.508 e. The zero-order chi connectivity index (χ0) is 15.9. The van der Waals surface area contributed by atoms with Crippen molar-refractivity contribution in [3.05, 3.63) is 24.3 Å². The molecule has 112 valence electrons. The monoisotopic (exact) mass is 314 g/mol. The fourth-order valence-electron chi connectivity index (χ4n) is 1.82. The van der Waals surface area contributed by atoms with Crippen molar-refractivity contribution >= 4 is 9.84 Å². The van der Waals surface area contributed by atoms with E-state index in [4.69, 9.17) is 10.2 Å². The molecule has 8 nitrogen and oxygen atoms in total. The van der Waals surface area contributed by atoms with E-state index in [0.29, 0.717) is 24.3 Å². The Morgan fingerprint density at radius 3 is 1.05 bits per heavy atom. The molecule has 0 unspecified atom stereocenters. The summed E-state index contributed by atoms with van der Waals surface area (Å²) in [5.41, 5.74) is 0. The van der Waals surface area contributed by atoms with Crippen LogP contribution in [0, 0.1) is 0 Å². The number of phenolic OH excluding ortho intramolecular Hbond substituents is 6. The maximum atomic E-state index is 12.3. The summed E-state index contributed by atoms with van der Waals surface area (Å²) in [7, 11) is -4.72. The van der Waals surface area contributed by atoms with Crippen molar-refractivity contribution in [2.75, 3.05) is 0 Å². The third-order valence-electron chi connectivity index (χ3n) is 2.61. The summed E-state index contributed by atoms with van der Waals surface area (Å²) in [5, 5.41) is 56.7. The number of sulfone groups is 1. The minimum atomic E-state index is -4.72. The van der Waals surface area contributed by atoms with Crippen LogP contribution in [0.25, 0.3) is 0 Å². The SMILES string of the molecule is O=S(=O)(c1c(O)cc(O)cc1O)c1c(O)cc(O)cc1O. The van der Waals surface area contributed by atoms with Gasteiger partial charge in [0.25, 0.3) is 0 Å². The predicted molar refractivity (Wildman–Crippen MR) is 68.3 cm³/mol. The molecule has 21 heavy (non-hydrogen) atoms. The molecular formula is C12H10O8S. The van der Waals surface area contributed by atoms with Gasteiger partial charge in [0.15, 0.2) is 9.79 Å². The first kappa shape index (κ1) is 14.6. The van der Waals surface area contributed by atoms with E-state index in [-0.39, 0.29) is 0 Å². The van der Waals surface area contributed by atoms with Gasteiger partial charge in [0, 0.05) is 24.3 Å². The normalized spacial score (nSPS) is 11.4. The molecule has 0 fully saturated rings. The van der Waals surface area contributed by atoms with Gasteiger partial charge in [-0.3, -0.25) is 0 Å². The molecule has 0 saturated heterocycles. The van der Waals surface area contributed by atoms with E-state index in [2.05, 4.69) is 0 Å². The number of benzene rings is 2. The quantitative estimate of drug-likeness (QED) is 0.474. The van der Waals surface area contributed by atoms with Crippen LogP contribution in [0.15, 0.2) is 34.1 Å². The molecule has 2 aromatic rings. The van der Waals surface area contributed by atoms with Gasteiger partial charge in [0.05, 0.1) is 0 Å². The van der Waals surface area contributed by atoms with E-state index in [9.17, 15) is 28.8 Å². The second-order valence-corrected chi connectivity index (χ2v) is 5.95. The fourth-order valence-corrected chi connectivity index (χ4v) is 3.36. The molecule has 0 heterocycles. The van der Waals surface area contributed by atoms with Crippen molar-refractivity contribution in [2.45, 2.75) is 9.79 Å². The maximum Gasteiger partial charge on any atom is 0.221 e. The van der Waals surface area contributed by atoms with E-state index < -0.39 is 54.1 Å². The zero-order valence-corrected chi connectivity index (χ0v) is 11.0. The molecule has 0 spiro atoms. The summed E-state index contributed by atoms with van der Waals surface area (Å²) < 4.78 is 24.7. The van der Waals surface area contributed by atoms with Gasteiger partial charge in [-0.05, 0) is 0 Å². The van der Waals surface area contributed by atoms with Crippen molar-refractivity contribution in [3.63, 3.8) is 0 Å². The van der Waals surface area contributed by atoms with Crippen LogP contribution in [0.4, 0.5) is 0 Å². The molecule has 0 aliphatic heterocycles. The summed E-state index contributed by atoms with van der Waals surface area (Å²) in [5.74, 6) is -5.05. The molecule has 0 aliphatic rings. The van der Waals surface area contributed by atoms with Crippen LogP contribution in [0.1, 0.15) is 0 Å². The van der Waals surface area contributed by atoms with Crippen LogP contribution in [-0.4, -0.2) is 39.1 Å². The first-order valence-electron chi connectivity index (χ1n) is 5.39. The molecule has 0 bridgehead atoms. The lowest BCUT2D eigenvalue weighted by Gasteiger charge is -2.12. The third kappa shape index (κ3) is 2.34. The number of rotatable bonds is 2. The summed E-state index contributed by atoms with van der Waals surface area (Å²) in [6, 6.07) is 2.67. The Hall–Kier alpha value is -2.81. The lowest BCUT2D eigenvalue weighted by molar-refractivity contribution is 0.401. The Kier molecular flexibility index (Phi) is 3.22. The van der Waals surface area contributed by atoms with E-state index in [0.717, 1.165) is 0 Å². The minimum Gasteiger partial charge on any atom is -0.508 e. The molecule has 6 N–H and O–H groups in total. The Morgan fingerprint density at radius 2 is 0.810 bits per heavy atom. The van der Waals surface area contributed by atoms with E-state index in [1.807, 2.05) is 0 Å². The van der Waals surface area contributed by atoms with Crippen molar-refractivity contribution in [3.8, 4) is 34.5 Å². The van der Waals surface area contributed by atoms with Crippen LogP contribution in [0.5, 0.6) is 34.5 Å². The van der Waals surface area contributed by atoms with Gasteiger partial charge in [-0.15, -0.1) is 0 Å². The fraction of sp³-hybridized carbons (Fsp3) is 0. The highest BCUT2D eigenvalue weighted by Crippen LogP contribution is 2.44. The van der Waals surface area contributed by atoms with Gasteiger partial charge in [0.1, 0.15) is 34.5 Å². The van der Waals surface area contributed by atoms with E-state index in [1.165, 1.54) is 0 Å². The van der Waals surface area contributed by atoms with E-state index >= 15 is 0 Å². The highest BCUT2D eigenvalue weighted by molar-refractivity contribution is 7.92. The second kappa shape index (κ2) is 4.63. The summed E-state index contributed by atoms with van der Waals surface area (Å²) in [4.78, 5) is -2.01. The van der Waals surface area contributed by atoms with Crippen LogP contribution < -0.4 is 0 Å². The van der Waals surface area contributed by atoms with Crippen molar-refractivity contribution in [1.29, 1.82) is 0 Å². The Bertz CT molecular complexity index is 716. The topological polar surface area (TPSA) is 156 Å². The first-order valence-corrected chi connectivity index (χ1v) is 6.88. The minimum absolute atomic E-state index is 0.580. The molecule has 0 amide bonds. The van der Waals surface area contributed by atoms with Gasteiger partial charge in [-0.1, -0.05) is 0 Å². The lowest BCUT2D eigenvalue weighted by atomic mass is 10.3. The molecular weight excluding hydrogens is 304 g/mol. The average molecular weight is 314 g/mol. The Balaban J connectivity index is 2.81. The van der Waals surface area contributed by atoms with Crippen molar-refractivity contribution in [1.82, 2.24) is 0 Å². The predicted octanol–water partition coefficient (Wildman–Crippen LogP) is 0.753. The standard InChI is InChI=1S/C12H10O8S/c13-5-1-7(15)11(8(16)2-5)21(19,20)12-9(17)3-6(14)4-10(12)18/h1-4,13-18H. The Morgan fingerprint density at radius 1 is 0.571 bits per heavy atom. The van der Waals surface area contributed by atoms with Crippen LogP contribution in [0.3, 0.4) is 0 Å². The Labute approximate surface area is 118 Å². The average Bonchev–Trinajstić information content (AvgIpc) is 2.23. The van der Waals surface area contributed by atoms with E-state index in [1.54, 1.807) is 0 Å². The van der Waals surface area contributed by atoms with Gasteiger partial charge in [-0.25, -0.2) is 8.42 Å². The van der Waals surface area contributed by atoms with Gasteiger partial charge >= 0.3 is 0 Å². The second-order valence-electron chi connectivity index (χ2n) is 4.13. The summed E-state index contributed by atoms with van der Waals surface area (Å²) >= 11 is 0. The smallest absolute Gasteiger partial charge is 0.221 e. The molecule has 0 aromatic heterocycles. The third-order valence-corrected chi connectivity index (χ3v) is 4.52. The van der Waals surface area contributed by atoms with Crippen molar-refractivity contribution in [2.24, 2.45) is 0 Å². The molecule has 9 heteroatoms. The van der Waals surface area contributed by atoms with Crippen LogP contribution in [-0.2, 0) is 9.84 Å². The van der Waals surface area contributed by atoms with Crippen molar-refractivity contribution < 1.29 is 39.1 Å². The van der Waals surface area contributed by atoms with Gasteiger partial charge in [-0.2, -0.15) is 0 Å². The summed E-state index contributed by atoms with van der Waals surface area (Å²) in [6.07, 6.45) is 0. The lowest BCUT2D eigenvalue weighted by Crippen LogP contribution is -2.04. The zero-order valence-electron chi connectivity index (χ0n) is 10.2.